The number of carbonyl (C=O) groups is 2. The number of aliphatic hydroxyl groups is 3. The molecule has 28 heavy (non-hydrogen) atoms. The van der Waals surface area contributed by atoms with E-state index in [2.05, 4.69) is 0 Å². The molecule has 3 saturated carbocycles. The topological polar surface area (TPSA) is 94.8 Å². The van der Waals surface area contributed by atoms with E-state index in [0.29, 0.717) is 24.8 Å². The predicted molar refractivity (Wildman–Crippen MR) is 100.0 cm³/mol. The van der Waals surface area contributed by atoms with Crippen molar-refractivity contribution in [3.8, 4) is 0 Å². The average Bonchev–Trinajstić information content (AvgIpc) is 2.83. The Kier molecular flexibility index (Phi) is 4.46. The molecule has 0 heterocycles. The highest BCUT2D eigenvalue weighted by Crippen LogP contribution is 2.69. The number of hydrogen-bond acceptors (Lipinski definition) is 5. The van der Waals surface area contributed by atoms with Crippen LogP contribution in [0.3, 0.4) is 0 Å². The second-order valence-electron chi connectivity index (χ2n) is 10.2. The van der Waals surface area contributed by atoms with Crippen molar-refractivity contribution in [2.24, 2.45) is 34.5 Å². The number of fused-ring (bicyclic) bond motifs is 5. The maximum absolute atomic E-state index is 15.3. The summed E-state index contributed by atoms with van der Waals surface area (Å²) < 4.78 is 15.3. The predicted octanol–water partition coefficient (Wildman–Crippen LogP) is 1.98. The smallest absolute Gasteiger partial charge is 0.190 e. The number of hydrogen-bond donors (Lipinski definition) is 3. The number of allylic oxidation sites excluding steroid dienone is 1. The van der Waals surface area contributed by atoms with Crippen molar-refractivity contribution in [3.63, 3.8) is 0 Å². The van der Waals surface area contributed by atoms with Crippen LogP contribution in [-0.2, 0) is 9.59 Å². The molecule has 0 aromatic rings. The van der Waals surface area contributed by atoms with Gasteiger partial charge in [-0.25, -0.2) is 4.39 Å². The fraction of sp³-hybridized carbons (Fsp3) is 0.818. The molecule has 3 N–H and O–H groups in total. The van der Waals surface area contributed by atoms with E-state index in [1.807, 2.05) is 13.8 Å². The lowest BCUT2D eigenvalue weighted by Crippen LogP contribution is -2.63. The fourth-order valence-corrected chi connectivity index (χ4v) is 7.74. The van der Waals surface area contributed by atoms with Crippen LogP contribution in [0, 0.1) is 34.5 Å². The van der Waals surface area contributed by atoms with Crippen LogP contribution in [0.2, 0.25) is 0 Å². The molecule has 5 nitrogen and oxygen atoms in total. The normalized spacial score (nSPS) is 53.1. The third-order valence-corrected chi connectivity index (χ3v) is 9.02. The van der Waals surface area contributed by atoms with Crippen molar-refractivity contribution in [1.82, 2.24) is 0 Å². The van der Waals surface area contributed by atoms with Crippen LogP contribution in [0.15, 0.2) is 11.6 Å². The summed E-state index contributed by atoms with van der Waals surface area (Å²) in [5.74, 6) is -1.54. The number of aliphatic hydroxyl groups excluding tert-OH is 2. The van der Waals surface area contributed by atoms with Crippen molar-refractivity contribution in [3.05, 3.63) is 11.6 Å². The lowest BCUT2D eigenvalue weighted by Gasteiger charge is -2.61. The number of alkyl halides is 1. The lowest BCUT2D eigenvalue weighted by atomic mass is 9.45. The fourth-order valence-electron chi connectivity index (χ4n) is 7.74. The highest BCUT2D eigenvalue weighted by Gasteiger charge is 2.71. The molecule has 4 aliphatic carbocycles. The lowest BCUT2D eigenvalue weighted by molar-refractivity contribution is -0.189. The first-order valence-electron chi connectivity index (χ1n) is 10.4. The van der Waals surface area contributed by atoms with Gasteiger partial charge in [-0.2, -0.15) is 0 Å². The van der Waals surface area contributed by atoms with E-state index in [4.69, 9.17) is 0 Å². The first-order chi connectivity index (χ1) is 13.0. The summed E-state index contributed by atoms with van der Waals surface area (Å²) in [6, 6.07) is 0. The van der Waals surface area contributed by atoms with Gasteiger partial charge in [-0.3, -0.25) is 9.59 Å². The van der Waals surface area contributed by atoms with Crippen LogP contribution in [0.1, 0.15) is 52.9 Å². The van der Waals surface area contributed by atoms with Gasteiger partial charge < -0.3 is 15.3 Å². The van der Waals surface area contributed by atoms with Crippen LogP contribution in [0.25, 0.3) is 0 Å². The summed E-state index contributed by atoms with van der Waals surface area (Å²) in [7, 11) is 0. The van der Waals surface area contributed by atoms with Gasteiger partial charge >= 0.3 is 0 Å². The molecule has 0 aromatic heterocycles. The largest absolute Gasteiger partial charge is 0.393 e. The van der Waals surface area contributed by atoms with Crippen molar-refractivity contribution < 1.29 is 29.3 Å². The number of carbonyl (C=O) groups excluding carboxylic acids is 2. The van der Waals surface area contributed by atoms with Gasteiger partial charge in [0.1, 0.15) is 18.4 Å². The Morgan fingerprint density at radius 3 is 2.64 bits per heavy atom. The molecule has 9 atom stereocenters. The molecule has 0 aromatic carbocycles. The summed E-state index contributed by atoms with van der Waals surface area (Å²) in [5, 5.41) is 32.1. The number of ketones is 2. The molecule has 0 bridgehead atoms. The van der Waals surface area contributed by atoms with Crippen LogP contribution in [0.4, 0.5) is 4.39 Å². The SMILES string of the molecule is C[C@@H]1C[C@H]2[C@@H]3C[C@H](F)C4=CC(=O)CC[C@]4(C)[C@H]3[C@@H](O)C[C@]2(C)[C@@]1(O)C(=O)CO. The molecule has 4 rings (SSSR count). The molecule has 0 amide bonds. The monoisotopic (exact) mass is 394 g/mol. The van der Waals surface area contributed by atoms with Gasteiger partial charge in [-0.05, 0) is 66.4 Å². The minimum atomic E-state index is -1.72. The second-order valence-corrected chi connectivity index (χ2v) is 10.2. The first-order valence-corrected chi connectivity index (χ1v) is 10.4. The van der Waals surface area contributed by atoms with E-state index < -0.39 is 41.1 Å². The molecule has 0 aliphatic heterocycles. The molecule has 4 aliphatic rings. The van der Waals surface area contributed by atoms with Gasteiger partial charge in [0.15, 0.2) is 11.6 Å². The van der Waals surface area contributed by atoms with E-state index in [0.717, 1.165) is 0 Å². The standard InChI is InChI=1S/C22H31FO5/c1-11-6-14-13-8-16(23)15-7-12(25)4-5-20(15,2)19(13)17(26)9-21(14,3)22(11,28)18(27)10-24/h7,11,13-14,16-17,19,24,26,28H,4-6,8-10H2,1-3H3/t11-,13+,14+,16+,17+,19-,20+,21+,22+/m1/s1. The second kappa shape index (κ2) is 6.19. The summed E-state index contributed by atoms with van der Waals surface area (Å²) in [4.78, 5) is 24.5. The molecule has 6 heteroatoms. The zero-order valence-corrected chi connectivity index (χ0v) is 16.8. The Bertz CT molecular complexity index is 749. The summed E-state index contributed by atoms with van der Waals surface area (Å²) in [6.07, 6.45) is 1.28. The minimum Gasteiger partial charge on any atom is -0.393 e. The van der Waals surface area contributed by atoms with E-state index in [1.165, 1.54) is 6.08 Å². The Hall–Kier alpha value is -1.11. The van der Waals surface area contributed by atoms with E-state index in [1.54, 1.807) is 6.92 Å². The molecular formula is C22H31FO5. The Balaban J connectivity index is 1.80. The van der Waals surface area contributed by atoms with Crippen LogP contribution in [0.5, 0.6) is 0 Å². The van der Waals surface area contributed by atoms with Crippen LogP contribution >= 0.6 is 0 Å². The van der Waals surface area contributed by atoms with E-state index in [9.17, 15) is 24.9 Å². The first kappa shape index (κ1) is 20.2. The Labute approximate surface area is 165 Å². The van der Waals surface area contributed by atoms with Crippen molar-refractivity contribution in [2.45, 2.75) is 70.8 Å². The van der Waals surface area contributed by atoms with E-state index in [-0.39, 0.29) is 42.3 Å². The maximum atomic E-state index is 15.3. The van der Waals surface area contributed by atoms with Gasteiger partial charge in [0.05, 0.1) is 6.10 Å². The van der Waals surface area contributed by atoms with Gasteiger partial charge in [0.2, 0.25) is 0 Å². The quantitative estimate of drug-likeness (QED) is 0.666. The highest BCUT2D eigenvalue weighted by molar-refractivity contribution is 5.92. The number of rotatable bonds is 2. The maximum Gasteiger partial charge on any atom is 0.190 e. The van der Waals surface area contributed by atoms with Crippen molar-refractivity contribution >= 4 is 11.6 Å². The van der Waals surface area contributed by atoms with Crippen molar-refractivity contribution in [2.75, 3.05) is 6.61 Å². The van der Waals surface area contributed by atoms with Crippen LogP contribution < -0.4 is 0 Å². The molecule has 0 unspecified atom stereocenters. The average molecular weight is 394 g/mol. The molecule has 3 fully saturated rings. The Morgan fingerprint density at radius 1 is 1.32 bits per heavy atom. The third kappa shape index (κ3) is 2.28. The summed E-state index contributed by atoms with van der Waals surface area (Å²) in [6.45, 7) is 4.84. The summed E-state index contributed by atoms with van der Waals surface area (Å²) in [5.41, 5.74) is -2.69. The third-order valence-electron chi connectivity index (χ3n) is 9.02. The van der Waals surface area contributed by atoms with Gasteiger partial charge in [0, 0.05) is 11.8 Å². The molecule has 156 valence electrons. The number of halogens is 1. The molecule has 0 saturated heterocycles. The van der Waals surface area contributed by atoms with Gasteiger partial charge in [0.25, 0.3) is 0 Å². The molecular weight excluding hydrogens is 363 g/mol. The van der Waals surface area contributed by atoms with E-state index >= 15 is 4.39 Å². The Morgan fingerprint density at radius 2 is 2.00 bits per heavy atom. The van der Waals surface area contributed by atoms with Crippen LogP contribution in [-0.4, -0.2) is 51.4 Å². The van der Waals surface area contributed by atoms with Crippen molar-refractivity contribution in [1.29, 1.82) is 0 Å². The molecule has 0 radical (unpaired) electrons. The zero-order valence-electron chi connectivity index (χ0n) is 16.8. The summed E-state index contributed by atoms with van der Waals surface area (Å²) >= 11 is 0. The zero-order chi connectivity index (χ0) is 20.6. The minimum absolute atomic E-state index is 0.0545. The van der Waals surface area contributed by atoms with Gasteiger partial charge in [-0.15, -0.1) is 0 Å². The highest BCUT2D eigenvalue weighted by atomic mass is 19.1. The molecule has 0 spiro atoms. The number of Topliss-reactive ketones (excluding diaryl/α,β-unsaturated/α-hetero) is 1. The van der Waals surface area contributed by atoms with Gasteiger partial charge in [-0.1, -0.05) is 20.8 Å².